The van der Waals surface area contributed by atoms with E-state index < -0.39 is 27.6 Å². The van der Waals surface area contributed by atoms with Crippen molar-refractivity contribution in [3.63, 3.8) is 0 Å². The van der Waals surface area contributed by atoms with Gasteiger partial charge in [0.1, 0.15) is 29.0 Å². The van der Waals surface area contributed by atoms with Crippen LogP contribution in [0.5, 0.6) is 0 Å². The van der Waals surface area contributed by atoms with Crippen LogP contribution in [0.25, 0.3) is 17.4 Å². The second-order valence-electron chi connectivity index (χ2n) is 5.93. The molecule has 1 aromatic carbocycles. The van der Waals surface area contributed by atoms with Crippen molar-refractivity contribution in [2.45, 2.75) is 12.5 Å². The lowest BCUT2D eigenvalue weighted by atomic mass is 10.1. The molecule has 0 aliphatic carbocycles. The minimum Gasteiger partial charge on any atom is -0.457 e. The van der Waals surface area contributed by atoms with Crippen LogP contribution in [0.2, 0.25) is 0 Å². The lowest BCUT2D eigenvalue weighted by molar-refractivity contribution is -0.117. The van der Waals surface area contributed by atoms with E-state index in [4.69, 9.17) is 4.42 Å². The van der Waals surface area contributed by atoms with Crippen molar-refractivity contribution >= 4 is 21.8 Å². The first kappa shape index (κ1) is 17.9. The summed E-state index contributed by atoms with van der Waals surface area (Å²) in [5, 5.41) is 11.7. The summed E-state index contributed by atoms with van der Waals surface area (Å²) in [4.78, 5) is 12.2. The Labute approximate surface area is 149 Å². The van der Waals surface area contributed by atoms with Crippen LogP contribution in [0, 0.1) is 17.1 Å². The number of hydrogen-bond acceptors (Lipinski definition) is 5. The third-order valence-electron chi connectivity index (χ3n) is 3.99. The first-order valence-corrected chi connectivity index (χ1v) is 9.68. The molecule has 1 aliphatic heterocycles. The van der Waals surface area contributed by atoms with Gasteiger partial charge in [0, 0.05) is 12.1 Å². The van der Waals surface area contributed by atoms with Crippen molar-refractivity contribution in [3.05, 3.63) is 53.5 Å². The molecule has 2 heterocycles. The number of hydrogen-bond donors (Lipinski definition) is 1. The molecule has 6 nitrogen and oxygen atoms in total. The number of nitrogens with zero attached hydrogens (tertiary/aromatic N) is 1. The number of nitriles is 1. The van der Waals surface area contributed by atoms with E-state index >= 15 is 0 Å². The van der Waals surface area contributed by atoms with Crippen molar-refractivity contribution in [1.29, 1.82) is 5.26 Å². The highest BCUT2D eigenvalue weighted by molar-refractivity contribution is 7.91. The molecular formula is C18H15FN2O4S. The number of amides is 1. The van der Waals surface area contributed by atoms with Crippen LogP contribution in [0.3, 0.4) is 0 Å². The summed E-state index contributed by atoms with van der Waals surface area (Å²) in [5.74, 6) is -0.733. The molecule has 1 amide bonds. The number of sulfone groups is 1. The summed E-state index contributed by atoms with van der Waals surface area (Å²) < 4.78 is 42.2. The summed E-state index contributed by atoms with van der Waals surface area (Å²) in [6.45, 7) is 0. The minimum atomic E-state index is -3.13. The van der Waals surface area contributed by atoms with Crippen LogP contribution >= 0.6 is 0 Å². The van der Waals surface area contributed by atoms with Crippen LogP contribution < -0.4 is 5.32 Å². The van der Waals surface area contributed by atoms with Gasteiger partial charge in [-0.2, -0.15) is 5.26 Å². The normalized spacial score (nSPS) is 19.1. The number of rotatable bonds is 4. The Balaban J connectivity index is 1.76. The van der Waals surface area contributed by atoms with Crippen molar-refractivity contribution in [2.24, 2.45) is 0 Å². The molecule has 1 unspecified atom stereocenters. The summed E-state index contributed by atoms with van der Waals surface area (Å²) in [6.07, 6.45) is 1.56. The number of nitrogens with one attached hydrogen (secondary N) is 1. The predicted molar refractivity (Wildman–Crippen MR) is 92.9 cm³/mol. The number of carbonyl (C=O) groups excluding carboxylic acids is 1. The number of carbonyl (C=O) groups is 1. The van der Waals surface area contributed by atoms with Crippen molar-refractivity contribution in [2.75, 3.05) is 11.5 Å². The smallest absolute Gasteiger partial charge is 0.262 e. The highest BCUT2D eigenvalue weighted by atomic mass is 32.2. The monoisotopic (exact) mass is 374 g/mol. The molecule has 1 aliphatic rings. The largest absolute Gasteiger partial charge is 0.457 e. The Morgan fingerprint density at radius 2 is 2.08 bits per heavy atom. The molecule has 3 rings (SSSR count). The van der Waals surface area contributed by atoms with E-state index in [1.54, 1.807) is 30.3 Å². The Morgan fingerprint density at radius 3 is 2.73 bits per heavy atom. The Kier molecular flexibility index (Phi) is 4.91. The van der Waals surface area contributed by atoms with E-state index in [0.29, 0.717) is 6.42 Å². The van der Waals surface area contributed by atoms with Crippen molar-refractivity contribution in [3.8, 4) is 17.4 Å². The van der Waals surface area contributed by atoms with Gasteiger partial charge in [-0.25, -0.2) is 12.8 Å². The van der Waals surface area contributed by atoms with Gasteiger partial charge >= 0.3 is 0 Å². The molecule has 2 aromatic rings. The maximum atomic E-state index is 13.8. The Morgan fingerprint density at radius 1 is 1.31 bits per heavy atom. The van der Waals surface area contributed by atoms with E-state index in [2.05, 4.69) is 5.32 Å². The molecule has 1 N–H and O–H groups in total. The molecule has 0 saturated carbocycles. The molecule has 134 valence electrons. The lowest BCUT2D eigenvalue weighted by Crippen LogP contribution is -2.36. The second-order valence-corrected chi connectivity index (χ2v) is 8.15. The molecule has 0 spiro atoms. The van der Waals surface area contributed by atoms with Gasteiger partial charge in [-0.05, 0) is 30.7 Å². The highest BCUT2D eigenvalue weighted by Gasteiger charge is 2.29. The fourth-order valence-corrected chi connectivity index (χ4v) is 4.37. The molecule has 26 heavy (non-hydrogen) atoms. The summed E-state index contributed by atoms with van der Waals surface area (Å²) in [5.41, 5.74) is 0.0509. The number of furan rings is 1. The molecule has 1 fully saturated rings. The van der Waals surface area contributed by atoms with Gasteiger partial charge in [-0.1, -0.05) is 12.1 Å². The zero-order chi connectivity index (χ0) is 18.7. The number of benzene rings is 1. The lowest BCUT2D eigenvalue weighted by Gasteiger charge is -2.09. The van der Waals surface area contributed by atoms with Gasteiger partial charge in [0.25, 0.3) is 5.91 Å². The molecule has 1 saturated heterocycles. The molecule has 1 aromatic heterocycles. The van der Waals surface area contributed by atoms with Gasteiger partial charge in [0.2, 0.25) is 0 Å². The first-order chi connectivity index (χ1) is 12.4. The van der Waals surface area contributed by atoms with E-state index in [9.17, 15) is 22.9 Å². The van der Waals surface area contributed by atoms with Gasteiger partial charge in [-0.3, -0.25) is 4.79 Å². The fourth-order valence-electron chi connectivity index (χ4n) is 2.70. The molecule has 0 radical (unpaired) electrons. The van der Waals surface area contributed by atoms with Gasteiger partial charge in [0.05, 0.1) is 17.1 Å². The first-order valence-electron chi connectivity index (χ1n) is 7.86. The molecule has 8 heteroatoms. The van der Waals surface area contributed by atoms with Crippen molar-refractivity contribution in [1.82, 2.24) is 5.32 Å². The van der Waals surface area contributed by atoms with Gasteiger partial charge in [0.15, 0.2) is 9.84 Å². The molecule has 1 atom stereocenters. The van der Waals surface area contributed by atoms with Crippen LogP contribution in [-0.4, -0.2) is 31.9 Å². The topological polar surface area (TPSA) is 100 Å². The van der Waals surface area contributed by atoms with Gasteiger partial charge in [-0.15, -0.1) is 0 Å². The zero-order valence-corrected chi connectivity index (χ0v) is 14.4. The molecule has 0 bridgehead atoms. The summed E-state index contributed by atoms with van der Waals surface area (Å²) in [6, 6.07) is 10.4. The zero-order valence-electron chi connectivity index (χ0n) is 13.6. The van der Waals surface area contributed by atoms with E-state index in [1.165, 1.54) is 18.2 Å². The average molecular weight is 374 g/mol. The standard InChI is InChI=1S/C18H15FN2O4S/c19-16-4-2-1-3-15(16)17-6-5-14(25-17)9-12(10-20)18(22)21-13-7-8-26(23,24)11-13/h1-6,9,13H,7-8,11H2,(H,21,22)/b12-9+. The SMILES string of the molecule is N#C/C(=C\c1ccc(-c2ccccc2F)o1)C(=O)NC1CCS(=O)(=O)C1. The van der Waals surface area contributed by atoms with E-state index in [1.807, 2.05) is 0 Å². The average Bonchev–Trinajstić information content (AvgIpc) is 3.19. The maximum absolute atomic E-state index is 13.8. The summed E-state index contributed by atoms with van der Waals surface area (Å²) >= 11 is 0. The van der Waals surface area contributed by atoms with Gasteiger partial charge < -0.3 is 9.73 Å². The highest BCUT2D eigenvalue weighted by Crippen LogP contribution is 2.25. The van der Waals surface area contributed by atoms with E-state index in [-0.39, 0.29) is 34.2 Å². The predicted octanol–water partition coefficient (Wildman–Crippen LogP) is 2.30. The third-order valence-corrected chi connectivity index (χ3v) is 5.75. The summed E-state index contributed by atoms with van der Waals surface area (Å²) in [7, 11) is -3.13. The molecular weight excluding hydrogens is 359 g/mol. The van der Waals surface area contributed by atoms with Crippen molar-refractivity contribution < 1.29 is 22.0 Å². The number of halogens is 1. The quantitative estimate of drug-likeness (QED) is 0.654. The van der Waals surface area contributed by atoms with Crippen LogP contribution in [0.1, 0.15) is 12.2 Å². The Hall–Kier alpha value is -2.92. The van der Waals surface area contributed by atoms with Crippen LogP contribution in [0.15, 0.2) is 46.4 Å². The maximum Gasteiger partial charge on any atom is 0.262 e. The van der Waals surface area contributed by atoms with Crippen LogP contribution in [-0.2, 0) is 14.6 Å². The van der Waals surface area contributed by atoms with Crippen LogP contribution in [0.4, 0.5) is 4.39 Å². The van der Waals surface area contributed by atoms with E-state index in [0.717, 1.165) is 0 Å². The third kappa shape index (κ3) is 4.00. The Bertz CT molecular complexity index is 1020. The fraction of sp³-hybridized carbons (Fsp3) is 0.222. The second kappa shape index (κ2) is 7.14. The minimum absolute atomic E-state index is 0.0216.